The lowest BCUT2D eigenvalue weighted by atomic mass is 10.1. The molecule has 1 rings (SSSR count). The third-order valence-corrected chi connectivity index (χ3v) is 4.95. The third-order valence-electron chi connectivity index (χ3n) is 2.53. The van der Waals surface area contributed by atoms with Gasteiger partial charge in [0.05, 0.1) is 11.3 Å². The largest absolute Gasteiger partial charge is 0.416 e. The second-order valence-corrected chi connectivity index (χ2v) is 7.97. The van der Waals surface area contributed by atoms with Crippen molar-refractivity contribution in [1.82, 2.24) is 0 Å². The average molecular weight is 312 g/mol. The zero-order valence-corrected chi connectivity index (χ0v) is 12.2. The molecule has 1 unspecified atom stereocenters. The lowest BCUT2D eigenvalue weighted by Gasteiger charge is -2.13. The topological polar surface area (TPSA) is 34.1 Å². The van der Waals surface area contributed by atoms with E-state index in [0.29, 0.717) is 5.75 Å². The molecule has 0 spiro atoms. The van der Waals surface area contributed by atoms with Crippen molar-refractivity contribution in [3.63, 3.8) is 0 Å². The summed E-state index contributed by atoms with van der Waals surface area (Å²) in [5.74, 6) is 0.504. The Morgan fingerprint density at radius 2 is 1.74 bits per heavy atom. The second-order valence-electron chi connectivity index (χ2n) is 4.26. The molecule has 0 radical (unpaired) electrons. The standard InChI is InChI=1S/C12H15F3O2S2/c1-9(18-7-8-19(2,16)17)10-3-5-11(6-4-10)12(13,14)15/h3-6,9H,7-8H2,1-2H3. The lowest BCUT2D eigenvalue weighted by Crippen LogP contribution is -2.07. The average Bonchev–Trinajstić information content (AvgIpc) is 2.26. The summed E-state index contributed by atoms with van der Waals surface area (Å²) in [5.41, 5.74) is 0.0797. The fourth-order valence-electron chi connectivity index (χ4n) is 1.42. The quantitative estimate of drug-likeness (QED) is 0.834. The van der Waals surface area contributed by atoms with Crippen LogP contribution in [-0.2, 0) is 16.0 Å². The van der Waals surface area contributed by atoms with E-state index in [4.69, 9.17) is 0 Å². The molecule has 0 bridgehead atoms. The molecule has 108 valence electrons. The van der Waals surface area contributed by atoms with Crippen molar-refractivity contribution in [2.75, 3.05) is 17.8 Å². The summed E-state index contributed by atoms with van der Waals surface area (Å²) in [6.45, 7) is 1.84. The van der Waals surface area contributed by atoms with Gasteiger partial charge in [-0.2, -0.15) is 24.9 Å². The van der Waals surface area contributed by atoms with Crippen molar-refractivity contribution in [3.8, 4) is 0 Å². The molecule has 7 heteroatoms. The van der Waals surface area contributed by atoms with Gasteiger partial charge in [-0.25, -0.2) is 8.42 Å². The van der Waals surface area contributed by atoms with Crippen molar-refractivity contribution in [1.29, 1.82) is 0 Å². The summed E-state index contributed by atoms with van der Waals surface area (Å²) < 4.78 is 59.1. The van der Waals surface area contributed by atoms with Gasteiger partial charge in [-0.1, -0.05) is 12.1 Å². The van der Waals surface area contributed by atoms with E-state index < -0.39 is 21.6 Å². The minimum atomic E-state index is -4.33. The van der Waals surface area contributed by atoms with Crippen LogP contribution in [0.3, 0.4) is 0 Å². The molecular weight excluding hydrogens is 297 g/mol. The summed E-state index contributed by atoms with van der Waals surface area (Å²) in [6, 6.07) is 4.95. The fraction of sp³-hybridized carbons (Fsp3) is 0.500. The monoisotopic (exact) mass is 312 g/mol. The Morgan fingerprint density at radius 3 is 2.16 bits per heavy atom. The maximum Gasteiger partial charge on any atom is 0.416 e. The smallest absolute Gasteiger partial charge is 0.229 e. The Kier molecular flexibility index (Phi) is 5.32. The highest BCUT2D eigenvalue weighted by molar-refractivity contribution is 8.00. The van der Waals surface area contributed by atoms with Gasteiger partial charge in [0.1, 0.15) is 9.84 Å². The highest BCUT2D eigenvalue weighted by atomic mass is 32.2. The molecule has 1 aromatic carbocycles. The normalized spacial score (nSPS) is 14.4. The van der Waals surface area contributed by atoms with Crippen molar-refractivity contribution >= 4 is 21.6 Å². The maximum absolute atomic E-state index is 12.4. The van der Waals surface area contributed by atoms with E-state index in [1.165, 1.54) is 23.9 Å². The van der Waals surface area contributed by atoms with Crippen molar-refractivity contribution < 1.29 is 21.6 Å². The van der Waals surface area contributed by atoms with Crippen LogP contribution in [0.4, 0.5) is 13.2 Å². The van der Waals surface area contributed by atoms with Crippen LogP contribution in [0.5, 0.6) is 0 Å². The first-order chi connectivity index (χ1) is 8.59. The first-order valence-corrected chi connectivity index (χ1v) is 8.67. The number of benzene rings is 1. The molecule has 0 saturated carbocycles. The molecule has 2 nitrogen and oxygen atoms in total. The number of halogens is 3. The Morgan fingerprint density at radius 1 is 1.21 bits per heavy atom. The molecule has 0 aromatic heterocycles. The molecule has 0 heterocycles. The number of rotatable bonds is 5. The molecule has 0 aliphatic rings. The SMILES string of the molecule is CC(SCCS(C)(=O)=O)c1ccc(C(F)(F)F)cc1. The predicted molar refractivity (Wildman–Crippen MR) is 72.0 cm³/mol. The molecule has 0 aliphatic heterocycles. The van der Waals surface area contributed by atoms with E-state index in [1.54, 1.807) is 0 Å². The van der Waals surface area contributed by atoms with Crippen molar-refractivity contribution in [2.45, 2.75) is 18.3 Å². The van der Waals surface area contributed by atoms with Gasteiger partial charge in [0.15, 0.2) is 0 Å². The molecule has 0 aliphatic carbocycles. The number of hydrogen-bond acceptors (Lipinski definition) is 3. The predicted octanol–water partition coefficient (Wildman–Crippen LogP) is 3.54. The van der Waals surface area contributed by atoms with Gasteiger partial charge in [-0.15, -0.1) is 0 Å². The van der Waals surface area contributed by atoms with Crippen LogP contribution in [-0.4, -0.2) is 26.2 Å². The van der Waals surface area contributed by atoms with Crippen LogP contribution in [0.25, 0.3) is 0 Å². The van der Waals surface area contributed by atoms with Crippen LogP contribution < -0.4 is 0 Å². The van der Waals surface area contributed by atoms with E-state index in [9.17, 15) is 21.6 Å². The molecule has 0 fully saturated rings. The fourth-order valence-corrected chi connectivity index (χ4v) is 3.71. The van der Waals surface area contributed by atoms with Crippen LogP contribution >= 0.6 is 11.8 Å². The Balaban J connectivity index is 2.61. The highest BCUT2D eigenvalue weighted by Gasteiger charge is 2.30. The van der Waals surface area contributed by atoms with E-state index >= 15 is 0 Å². The number of thioether (sulfide) groups is 1. The van der Waals surface area contributed by atoms with Crippen LogP contribution in [0.15, 0.2) is 24.3 Å². The number of alkyl halides is 3. The molecule has 0 N–H and O–H groups in total. The van der Waals surface area contributed by atoms with Gasteiger partial charge in [0.25, 0.3) is 0 Å². The Hall–Kier alpha value is -0.690. The first-order valence-electron chi connectivity index (χ1n) is 5.56. The van der Waals surface area contributed by atoms with Crippen molar-refractivity contribution in [3.05, 3.63) is 35.4 Å². The maximum atomic E-state index is 12.4. The zero-order chi connectivity index (χ0) is 14.7. The summed E-state index contributed by atoms with van der Waals surface area (Å²) in [6.07, 6.45) is -3.17. The highest BCUT2D eigenvalue weighted by Crippen LogP contribution is 2.32. The first kappa shape index (κ1) is 16.4. The summed E-state index contributed by atoms with van der Waals surface area (Å²) in [5, 5.41) is -0.0379. The third kappa shape index (κ3) is 5.86. The molecule has 0 saturated heterocycles. The van der Waals surface area contributed by atoms with E-state index in [1.807, 2.05) is 6.92 Å². The minimum Gasteiger partial charge on any atom is -0.229 e. The second kappa shape index (κ2) is 6.17. The Labute approximate surface area is 115 Å². The van der Waals surface area contributed by atoms with E-state index in [-0.39, 0.29) is 11.0 Å². The number of hydrogen-bond donors (Lipinski definition) is 0. The molecule has 0 amide bonds. The molecule has 1 aromatic rings. The minimum absolute atomic E-state index is 0.0379. The lowest BCUT2D eigenvalue weighted by molar-refractivity contribution is -0.137. The van der Waals surface area contributed by atoms with Gasteiger partial charge in [-0.3, -0.25) is 0 Å². The van der Waals surface area contributed by atoms with Crippen LogP contribution in [0.2, 0.25) is 0 Å². The summed E-state index contributed by atoms with van der Waals surface area (Å²) >= 11 is 1.41. The van der Waals surface area contributed by atoms with Gasteiger partial charge in [0, 0.05) is 17.3 Å². The zero-order valence-electron chi connectivity index (χ0n) is 10.6. The van der Waals surface area contributed by atoms with Gasteiger partial charge < -0.3 is 0 Å². The molecule has 1 atom stereocenters. The van der Waals surface area contributed by atoms with Gasteiger partial charge in [0.2, 0.25) is 0 Å². The van der Waals surface area contributed by atoms with Crippen molar-refractivity contribution in [2.24, 2.45) is 0 Å². The van der Waals surface area contributed by atoms with Gasteiger partial charge >= 0.3 is 6.18 Å². The van der Waals surface area contributed by atoms with Gasteiger partial charge in [-0.05, 0) is 24.6 Å². The summed E-state index contributed by atoms with van der Waals surface area (Å²) in [7, 11) is -3.00. The molecule has 19 heavy (non-hydrogen) atoms. The summed E-state index contributed by atoms with van der Waals surface area (Å²) in [4.78, 5) is 0. The van der Waals surface area contributed by atoms with E-state index in [0.717, 1.165) is 24.0 Å². The molecular formula is C12H15F3O2S2. The Bertz CT molecular complexity index is 507. The van der Waals surface area contributed by atoms with Crippen LogP contribution in [0, 0.1) is 0 Å². The number of sulfone groups is 1. The van der Waals surface area contributed by atoms with E-state index in [2.05, 4.69) is 0 Å². The van der Waals surface area contributed by atoms with Crippen LogP contribution in [0.1, 0.15) is 23.3 Å².